The van der Waals surface area contributed by atoms with Crippen LogP contribution < -0.4 is 20.2 Å². The summed E-state index contributed by atoms with van der Waals surface area (Å²) in [6, 6.07) is 18.2. The second kappa shape index (κ2) is 12.2. The van der Waals surface area contributed by atoms with E-state index >= 15 is 0 Å². The van der Waals surface area contributed by atoms with Gasteiger partial charge in [-0.2, -0.15) is 5.10 Å². The summed E-state index contributed by atoms with van der Waals surface area (Å²) in [5, 5.41) is 7.26. The first-order valence-electron chi connectivity index (χ1n) is 10.3. The van der Waals surface area contributed by atoms with E-state index in [0.29, 0.717) is 32.2 Å². The van der Waals surface area contributed by atoms with E-state index in [1.54, 1.807) is 24.3 Å². The van der Waals surface area contributed by atoms with Crippen molar-refractivity contribution >= 4 is 51.2 Å². The first-order chi connectivity index (χ1) is 16.4. The largest absolute Gasteiger partial charge is 0.493 e. The predicted octanol–water partition coefficient (Wildman–Crippen LogP) is 5.48. The summed E-state index contributed by atoms with van der Waals surface area (Å²) < 4.78 is 12.0. The van der Waals surface area contributed by atoms with Gasteiger partial charge in [0.05, 0.1) is 17.8 Å². The minimum Gasteiger partial charge on any atom is -0.493 e. The number of carbonyl (C=O) groups excluding carboxylic acids is 2. The Kier molecular flexibility index (Phi) is 9.07. The maximum absolute atomic E-state index is 12.1. The molecule has 2 amide bonds. The number of benzene rings is 3. The van der Waals surface area contributed by atoms with Crippen molar-refractivity contribution in [3.63, 3.8) is 0 Å². The molecule has 3 aromatic rings. The zero-order chi connectivity index (χ0) is 24.5. The molecule has 34 heavy (non-hydrogen) atoms. The molecule has 0 unspecified atom stereocenters. The molecule has 176 valence electrons. The number of hydrogen-bond donors (Lipinski definition) is 2. The number of nitrogens with one attached hydrogen (secondary N) is 2. The number of methoxy groups -OCH3 is 1. The van der Waals surface area contributed by atoms with Crippen LogP contribution in [-0.2, 0) is 16.2 Å². The van der Waals surface area contributed by atoms with Gasteiger partial charge in [-0.05, 0) is 58.2 Å². The van der Waals surface area contributed by atoms with E-state index in [-0.39, 0.29) is 13.0 Å². The highest BCUT2D eigenvalue weighted by Gasteiger charge is 2.13. The molecule has 0 saturated heterocycles. The lowest BCUT2D eigenvalue weighted by Gasteiger charge is -2.14. The van der Waals surface area contributed by atoms with E-state index in [0.717, 1.165) is 11.1 Å². The van der Waals surface area contributed by atoms with Gasteiger partial charge in [-0.15, -0.1) is 0 Å². The third kappa shape index (κ3) is 7.07. The lowest BCUT2D eigenvalue weighted by Crippen LogP contribution is -2.24. The minimum atomic E-state index is -0.534. The zero-order valence-electron chi connectivity index (χ0n) is 18.6. The van der Waals surface area contributed by atoms with Crippen molar-refractivity contribution in [1.29, 1.82) is 0 Å². The minimum absolute atomic E-state index is 0.267. The van der Waals surface area contributed by atoms with Crippen molar-refractivity contribution in [2.24, 2.45) is 5.10 Å². The molecule has 7 nitrogen and oxygen atoms in total. The van der Waals surface area contributed by atoms with Crippen molar-refractivity contribution in [3.05, 3.63) is 86.8 Å². The van der Waals surface area contributed by atoms with Gasteiger partial charge in [0, 0.05) is 16.3 Å². The Hall–Kier alpha value is -3.36. The number of anilines is 1. The van der Waals surface area contributed by atoms with E-state index in [1.807, 2.05) is 43.3 Å². The molecule has 0 aliphatic carbocycles. The smallest absolute Gasteiger partial charge is 0.249 e. The average molecular weight is 545 g/mol. The highest BCUT2D eigenvalue weighted by atomic mass is 79.9. The fraction of sp³-hybridized carbons (Fsp3) is 0.160. The maximum atomic E-state index is 12.1. The second-order valence-corrected chi connectivity index (χ2v) is 8.51. The Bertz CT molecular complexity index is 1220. The Morgan fingerprint density at radius 2 is 1.82 bits per heavy atom. The van der Waals surface area contributed by atoms with Crippen LogP contribution in [0.1, 0.15) is 23.1 Å². The van der Waals surface area contributed by atoms with Crippen LogP contribution in [0.15, 0.2) is 70.2 Å². The van der Waals surface area contributed by atoms with E-state index in [1.165, 1.54) is 13.3 Å². The van der Waals surface area contributed by atoms with Crippen molar-refractivity contribution < 1.29 is 19.1 Å². The van der Waals surface area contributed by atoms with Gasteiger partial charge in [0.2, 0.25) is 11.8 Å². The second-order valence-electron chi connectivity index (χ2n) is 7.25. The van der Waals surface area contributed by atoms with E-state index in [4.69, 9.17) is 21.1 Å². The number of ether oxygens (including phenoxy) is 2. The van der Waals surface area contributed by atoms with Crippen LogP contribution in [0.3, 0.4) is 0 Å². The molecule has 0 atom stereocenters. The fourth-order valence-corrected chi connectivity index (χ4v) is 3.76. The molecule has 0 radical (unpaired) electrons. The number of hydrogen-bond acceptors (Lipinski definition) is 5. The molecule has 3 rings (SSSR count). The lowest BCUT2D eigenvalue weighted by molar-refractivity contribution is -0.126. The number of rotatable bonds is 9. The van der Waals surface area contributed by atoms with Gasteiger partial charge in [-0.1, -0.05) is 48.0 Å². The number of aryl methyl sites for hydroxylation is 1. The molecule has 0 bridgehead atoms. The molecule has 2 N–H and O–H groups in total. The van der Waals surface area contributed by atoms with Crippen molar-refractivity contribution in [2.75, 3.05) is 12.4 Å². The third-order valence-electron chi connectivity index (χ3n) is 4.72. The third-order valence-corrected chi connectivity index (χ3v) is 5.68. The first-order valence-corrected chi connectivity index (χ1v) is 11.5. The summed E-state index contributed by atoms with van der Waals surface area (Å²) in [6.07, 6.45) is 1.09. The topological polar surface area (TPSA) is 89.0 Å². The Labute approximate surface area is 211 Å². The Balaban J connectivity index is 1.58. The predicted molar refractivity (Wildman–Crippen MR) is 137 cm³/mol. The van der Waals surface area contributed by atoms with Crippen molar-refractivity contribution in [3.8, 4) is 11.5 Å². The number of halogens is 2. The Morgan fingerprint density at radius 1 is 1.09 bits per heavy atom. The molecule has 0 aliphatic rings. The SMILES string of the molecule is COc1cc(C=NNC(=O)CC(=O)Nc2ccccc2C)cc(Br)c1OCc1ccccc1Cl. The van der Waals surface area contributed by atoms with Gasteiger partial charge in [-0.3, -0.25) is 9.59 Å². The molecular formula is C25H23BrClN3O4. The first kappa shape index (κ1) is 25.3. The van der Waals surface area contributed by atoms with Crippen LogP contribution in [-0.4, -0.2) is 25.1 Å². The van der Waals surface area contributed by atoms with Gasteiger partial charge in [0.1, 0.15) is 13.0 Å². The zero-order valence-corrected chi connectivity index (χ0v) is 20.9. The molecule has 3 aromatic carbocycles. The molecule has 0 aromatic heterocycles. The van der Waals surface area contributed by atoms with Gasteiger partial charge in [0.15, 0.2) is 11.5 Å². The summed E-state index contributed by atoms with van der Waals surface area (Å²) in [6.45, 7) is 2.14. The lowest BCUT2D eigenvalue weighted by atomic mass is 10.2. The summed E-state index contributed by atoms with van der Waals surface area (Å²) in [7, 11) is 1.53. The van der Waals surface area contributed by atoms with Crippen LogP contribution >= 0.6 is 27.5 Å². The number of hydrazone groups is 1. The average Bonchev–Trinajstić information content (AvgIpc) is 2.80. The van der Waals surface area contributed by atoms with Crippen LogP contribution in [0.4, 0.5) is 5.69 Å². The van der Waals surface area contributed by atoms with Crippen LogP contribution in [0.5, 0.6) is 11.5 Å². The number of para-hydroxylation sites is 1. The van der Waals surface area contributed by atoms with Gasteiger partial charge >= 0.3 is 0 Å². The number of amides is 2. The van der Waals surface area contributed by atoms with Gasteiger partial charge in [0.25, 0.3) is 0 Å². The van der Waals surface area contributed by atoms with E-state index < -0.39 is 11.8 Å². The summed E-state index contributed by atoms with van der Waals surface area (Å²) in [4.78, 5) is 24.2. The molecule has 0 fully saturated rings. The van der Waals surface area contributed by atoms with Crippen LogP contribution in [0.2, 0.25) is 5.02 Å². The maximum Gasteiger partial charge on any atom is 0.249 e. The fourth-order valence-electron chi connectivity index (χ4n) is 2.99. The molecule has 0 aliphatic heterocycles. The Morgan fingerprint density at radius 3 is 2.56 bits per heavy atom. The molecule has 9 heteroatoms. The quantitative estimate of drug-likeness (QED) is 0.212. The van der Waals surface area contributed by atoms with E-state index in [9.17, 15) is 9.59 Å². The normalized spacial score (nSPS) is 10.7. The van der Waals surface area contributed by atoms with Crippen LogP contribution in [0.25, 0.3) is 0 Å². The molecule has 0 heterocycles. The number of carbonyl (C=O) groups is 2. The van der Waals surface area contributed by atoms with Crippen molar-refractivity contribution in [1.82, 2.24) is 5.43 Å². The van der Waals surface area contributed by atoms with Crippen LogP contribution in [0, 0.1) is 6.92 Å². The standard InChI is InChI=1S/C25H23BrClN3O4/c1-16-7-3-6-10-21(16)29-23(31)13-24(32)30-28-14-17-11-19(26)25(22(12-17)33-2)34-15-18-8-4-5-9-20(18)27/h3-12,14H,13,15H2,1-2H3,(H,29,31)(H,30,32). The monoisotopic (exact) mass is 543 g/mol. The van der Waals surface area contributed by atoms with Crippen molar-refractivity contribution in [2.45, 2.75) is 20.0 Å². The highest BCUT2D eigenvalue weighted by Crippen LogP contribution is 2.37. The molecular weight excluding hydrogens is 522 g/mol. The van der Waals surface area contributed by atoms with Gasteiger partial charge in [-0.25, -0.2) is 5.43 Å². The summed E-state index contributed by atoms with van der Waals surface area (Å²) in [5.41, 5.74) is 5.43. The molecule has 0 spiro atoms. The molecule has 0 saturated carbocycles. The van der Waals surface area contributed by atoms with Gasteiger partial charge < -0.3 is 14.8 Å². The summed E-state index contributed by atoms with van der Waals surface area (Å²) in [5.74, 6) is 0.0304. The summed E-state index contributed by atoms with van der Waals surface area (Å²) >= 11 is 9.67. The highest BCUT2D eigenvalue weighted by molar-refractivity contribution is 9.10. The van der Waals surface area contributed by atoms with E-state index in [2.05, 4.69) is 31.8 Å². The number of nitrogens with zero attached hydrogens (tertiary/aromatic N) is 1.